The molecule has 0 spiro atoms. The van der Waals surface area contributed by atoms with E-state index in [9.17, 15) is 0 Å². The number of nitrogens with zero attached hydrogens (tertiary/aromatic N) is 6. The molecular formula is C12H16N6S. The van der Waals surface area contributed by atoms with Gasteiger partial charge in [0.2, 0.25) is 0 Å². The third-order valence-corrected chi connectivity index (χ3v) is 2.96. The monoisotopic (exact) mass is 276 g/mol. The molecule has 19 heavy (non-hydrogen) atoms. The molecule has 1 heterocycles. The minimum atomic E-state index is 0.805. The van der Waals surface area contributed by atoms with E-state index in [1.54, 1.807) is 12.7 Å². The second kappa shape index (κ2) is 5.75. The Kier molecular flexibility index (Phi) is 4.06. The van der Waals surface area contributed by atoms with Gasteiger partial charge in [-0.1, -0.05) is 4.49 Å². The summed E-state index contributed by atoms with van der Waals surface area (Å²) in [5.74, 6) is 0. The van der Waals surface area contributed by atoms with Crippen LogP contribution >= 0.6 is 11.5 Å². The van der Waals surface area contributed by atoms with Crippen LogP contribution in [-0.4, -0.2) is 60.3 Å². The highest BCUT2D eigenvalue weighted by Crippen LogP contribution is 2.36. The first kappa shape index (κ1) is 13.4. The Bertz CT molecular complexity index is 614. The molecule has 0 aliphatic heterocycles. The van der Waals surface area contributed by atoms with Crippen LogP contribution < -0.4 is 0 Å². The lowest BCUT2D eigenvalue weighted by molar-refractivity contribution is 0.642. The lowest BCUT2D eigenvalue weighted by Gasteiger charge is -2.06. The summed E-state index contributed by atoms with van der Waals surface area (Å²) >= 11 is 1.33. The van der Waals surface area contributed by atoms with Crippen molar-refractivity contribution in [3.8, 4) is 0 Å². The average Bonchev–Trinajstić information content (AvgIpc) is 2.81. The molecule has 0 unspecified atom stereocenters. The zero-order chi connectivity index (χ0) is 13.8. The van der Waals surface area contributed by atoms with Gasteiger partial charge in [-0.3, -0.25) is 0 Å². The molecule has 0 bridgehead atoms. The number of aromatic nitrogens is 2. The van der Waals surface area contributed by atoms with Crippen LogP contribution in [0.1, 0.15) is 0 Å². The molecule has 0 saturated heterocycles. The van der Waals surface area contributed by atoms with Crippen LogP contribution in [0.2, 0.25) is 0 Å². The molecule has 1 aromatic heterocycles. The normalized spacial score (nSPS) is 11.8. The molecule has 0 saturated carbocycles. The minimum Gasteiger partial charge on any atom is -0.369 e. The van der Waals surface area contributed by atoms with Gasteiger partial charge in [0.1, 0.15) is 15.9 Å². The molecule has 0 fully saturated rings. The predicted octanol–water partition coefficient (Wildman–Crippen LogP) is 2.13. The molecule has 0 aliphatic carbocycles. The van der Waals surface area contributed by atoms with E-state index in [2.05, 4.69) is 19.6 Å². The third-order valence-electron chi connectivity index (χ3n) is 2.22. The molecule has 100 valence electrons. The maximum Gasteiger partial charge on any atom is 0.111 e. The molecule has 0 N–H and O–H groups in total. The summed E-state index contributed by atoms with van der Waals surface area (Å²) < 4.78 is 4.92. The first-order valence-corrected chi connectivity index (χ1v) is 6.51. The molecule has 0 radical (unpaired) electrons. The van der Waals surface area contributed by atoms with Crippen molar-refractivity contribution in [1.29, 1.82) is 0 Å². The van der Waals surface area contributed by atoms with E-state index < -0.39 is 0 Å². The van der Waals surface area contributed by atoms with Gasteiger partial charge in [0, 0.05) is 28.2 Å². The maximum atomic E-state index is 4.48. The number of hydrogen-bond acceptors (Lipinski definition) is 5. The number of fused-ring (bicyclic) bond motifs is 1. The summed E-state index contributed by atoms with van der Waals surface area (Å²) in [4.78, 5) is 12.7. The summed E-state index contributed by atoms with van der Waals surface area (Å²) in [5.41, 5.74) is 2.46. The molecule has 2 aromatic rings. The Labute approximate surface area is 116 Å². The summed E-state index contributed by atoms with van der Waals surface area (Å²) in [6, 6.07) is 3.82. The van der Waals surface area contributed by atoms with Crippen molar-refractivity contribution >= 4 is 45.8 Å². The maximum absolute atomic E-state index is 4.48. The lowest BCUT2D eigenvalue weighted by Crippen LogP contribution is -2.07. The largest absolute Gasteiger partial charge is 0.369 e. The number of benzene rings is 1. The fourth-order valence-corrected chi connectivity index (χ4v) is 2.06. The van der Waals surface area contributed by atoms with Crippen molar-refractivity contribution in [2.45, 2.75) is 0 Å². The van der Waals surface area contributed by atoms with Crippen LogP contribution in [0.5, 0.6) is 0 Å². The Hall–Kier alpha value is -2.02. The van der Waals surface area contributed by atoms with Crippen molar-refractivity contribution in [3.05, 3.63) is 12.1 Å². The molecule has 1 aromatic carbocycles. The van der Waals surface area contributed by atoms with Gasteiger partial charge in [0.05, 0.1) is 18.4 Å². The Morgan fingerprint density at radius 3 is 2.42 bits per heavy atom. The lowest BCUT2D eigenvalue weighted by atomic mass is 10.2. The average molecular weight is 276 g/mol. The van der Waals surface area contributed by atoms with Crippen molar-refractivity contribution in [2.24, 2.45) is 9.98 Å². The van der Waals surface area contributed by atoms with Crippen LogP contribution in [0.4, 0.5) is 11.4 Å². The van der Waals surface area contributed by atoms with Crippen LogP contribution in [-0.2, 0) is 0 Å². The van der Waals surface area contributed by atoms with Gasteiger partial charge in [0.15, 0.2) is 0 Å². The van der Waals surface area contributed by atoms with Crippen LogP contribution in [0.3, 0.4) is 0 Å². The number of rotatable bonds is 4. The number of hydrogen-bond donors (Lipinski definition) is 0. The smallest absolute Gasteiger partial charge is 0.111 e. The van der Waals surface area contributed by atoms with E-state index in [1.807, 2.05) is 50.1 Å². The summed E-state index contributed by atoms with van der Waals surface area (Å²) in [6.07, 6.45) is 3.51. The predicted molar refractivity (Wildman–Crippen MR) is 81.1 cm³/mol. The van der Waals surface area contributed by atoms with Gasteiger partial charge < -0.3 is 9.80 Å². The molecule has 0 amide bonds. The highest BCUT2D eigenvalue weighted by Gasteiger charge is 2.09. The Morgan fingerprint density at radius 1 is 1.05 bits per heavy atom. The highest BCUT2D eigenvalue weighted by molar-refractivity contribution is 7.13. The van der Waals surface area contributed by atoms with E-state index in [0.717, 1.165) is 21.6 Å². The SMILES string of the molecule is CN(C)C=Nc1ccc2nnsc2c1N=CN(C)C. The van der Waals surface area contributed by atoms with Crippen LogP contribution in [0, 0.1) is 0 Å². The minimum absolute atomic E-state index is 0.805. The van der Waals surface area contributed by atoms with Gasteiger partial charge in [0.25, 0.3) is 0 Å². The zero-order valence-corrected chi connectivity index (χ0v) is 12.2. The van der Waals surface area contributed by atoms with E-state index >= 15 is 0 Å². The van der Waals surface area contributed by atoms with Gasteiger partial charge in [-0.15, -0.1) is 5.10 Å². The Balaban J connectivity index is 2.52. The van der Waals surface area contributed by atoms with Crippen molar-refractivity contribution in [1.82, 2.24) is 19.4 Å². The van der Waals surface area contributed by atoms with Crippen LogP contribution in [0.15, 0.2) is 22.1 Å². The quantitative estimate of drug-likeness (QED) is 0.634. The van der Waals surface area contributed by atoms with Gasteiger partial charge in [-0.2, -0.15) is 0 Å². The van der Waals surface area contributed by atoms with Crippen LogP contribution in [0.25, 0.3) is 10.2 Å². The van der Waals surface area contributed by atoms with Gasteiger partial charge in [-0.05, 0) is 23.7 Å². The molecule has 0 aliphatic rings. The van der Waals surface area contributed by atoms with E-state index in [1.165, 1.54) is 11.5 Å². The standard InChI is InChI=1S/C12H16N6S/c1-17(2)7-13-9-5-6-10-12(19-16-15-10)11(9)14-8-18(3)4/h5-8H,1-4H3. The summed E-state index contributed by atoms with van der Waals surface area (Å²) in [7, 11) is 7.72. The van der Waals surface area contributed by atoms with Gasteiger partial charge >= 0.3 is 0 Å². The summed E-state index contributed by atoms with van der Waals surface area (Å²) in [5, 5.41) is 4.06. The first-order chi connectivity index (χ1) is 9.08. The van der Waals surface area contributed by atoms with E-state index in [0.29, 0.717) is 0 Å². The number of aliphatic imine (C=N–C) groups is 2. The Morgan fingerprint density at radius 2 is 1.74 bits per heavy atom. The second-order valence-electron chi connectivity index (χ2n) is 4.47. The van der Waals surface area contributed by atoms with Crippen molar-refractivity contribution in [3.63, 3.8) is 0 Å². The second-order valence-corrected chi connectivity index (χ2v) is 5.22. The molecular weight excluding hydrogens is 260 g/mol. The fraction of sp³-hybridized carbons (Fsp3) is 0.333. The third kappa shape index (κ3) is 3.25. The van der Waals surface area contributed by atoms with E-state index in [4.69, 9.17) is 0 Å². The topological polar surface area (TPSA) is 57.0 Å². The fourth-order valence-electron chi connectivity index (χ4n) is 1.40. The van der Waals surface area contributed by atoms with Gasteiger partial charge in [-0.25, -0.2) is 9.98 Å². The van der Waals surface area contributed by atoms with E-state index in [-0.39, 0.29) is 0 Å². The summed E-state index contributed by atoms with van der Waals surface area (Å²) in [6.45, 7) is 0. The molecule has 0 atom stereocenters. The zero-order valence-electron chi connectivity index (χ0n) is 11.4. The molecule has 2 rings (SSSR count). The first-order valence-electron chi connectivity index (χ1n) is 5.74. The molecule has 7 heteroatoms. The van der Waals surface area contributed by atoms with Crippen molar-refractivity contribution in [2.75, 3.05) is 28.2 Å². The highest BCUT2D eigenvalue weighted by atomic mass is 32.1. The van der Waals surface area contributed by atoms with Crippen molar-refractivity contribution < 1.29 is 0 Å². The molecule has 6 nitrogen and oxygen atoms in total.